The van der Waals surface area contributed by atoms with Crippen molar-refractivity contribution in [2.75, 3.05) is 6.61 Å². The van der Waals surface area contributed by atoms with Crippen molar-refractivity contribution in [2.45, 2.75) is 36.0 Å². The van der Waals surface area contributed by atoms with Crippen LogP contribution in [0.15, 0.2) is 47.4 Å². The number of halogens is 1. The lowest BCUT2D eigenvalue weighted by Crippen LogP contribution is -2.31. The molecule has 4 heteroatoms. The van der Waals surface area contributed by atoms with E-state index in [0.717, 1.165) is 19.4 Å². The summed E-state index contributed by atoms with van der Waals surface area (Å²) in [4.78, 5) is 0.690. The van der Waals surface area contributed by atoms with Crippen molar-refractivity contribution in [1.82, 2.24) is 0 Å². The Kier molecular flexibility index (Phi) is 3.92. The smallest absolute Gasteiger partial charge is 0.153 e. The second-order valence-electron chi connectivity index (χ2n) is 6.45. The van der Waals surface area contributed by atoms with Crippen molar-refractivity contribution < 1.29 is 13.7 Å². The maximum Gasteiger partial charge on any atom is 0.153 e. The molecule has 1 aliphatic heterocycles. The Labute approximate surface area is 138 Å². The number of hydrogen-bond acceptors (Lipinski definition) is 2. The molecule has 1 saturated heterocycles. The van der Waals surface area contributed by atoms with E-state index >= 15 is 0 Å². The van der Waals surface area contributed by atoms with Gasteiger partial charge in [-0.3, -0.25) is 0 Å². The van der Waals surface area contributed by atoms with E-state index in [4.69, 9.17) is 4.74 Å². The second-order valence-corrected chi connectivity index (χ2v) is 8.02. The molecule has 1 heterocycles. The molecule has 1 aliphatic carbocycles. The van der Waals surface area contributed by atoms with Crippen LogP contribution in [0.4, 0.5) is 4.39 Å². The largest absolute Gasteiger partial charge is 0.611 e. The van der Waals surface area contributed by atoms with Gasteiger partial charge in [0, 0.05) is 11.5 Å². The summed E-state index contributed by atoms with van der Waals surface area (Å²) >= 11 is -1.20. The summed E-state index contributed by atoms with van der Waals surface area (Å²) in [5.74, 6) is -0.0245. The summed E-state index contributed by atoms with van der Waals surface area (Å²) in [6.07, 6.45) is 2.23. The lowest BCUT2D eigenvalue weighted by atomic mass is 9.81. The molecule has 23 heavy (non-hydrogen) atoms. The molecule has 0 saturated carbocycles. The average Bonchev–Trinajstić information content (AvgIpc) is 3.38. The molecular weight excluding hydrogens is 311 g/mol. The minimum Gasteiger partial charge on any atom is -0.611 e. The van der Waals surface area contributed by atoms with Crippen LogP contribution in [0.2, 0.25) is 0 Å². The van der Waals surface area contributed by atoms with Crippen molar-refractivity contribution in [3.63, 3.8) is 0 Å². The lowest BCUT2D eigenvalue weighted by Gasteiger charge is -2.33. The van der Waals surface area contributed by atoms with E-state index in [-0.39, 0.29) is 23.1 Å². The number of epoxide rings is 1. The molecule has 0 spiro atoms. The summed E-state index contributed by atoms with van der Waals surface area (Å²) in [5.41, 5.74) is 3.70. The highest BCUT2D eigenvalue weighted by atomic mass is 32.2. The first-order chi connectivity index (χ1) is 11.1. The van der Waals surface area contributed by atoms with Crippen LogP contribution in [0.1, 0.15) is 28.4 Å². The second kappa shape index (κ2) is 5.93. The van der Waals surface area contributed by atoms with Gasteiger partial charge in [0.25, 0.3) is 0 Å². The predicted molar refractivity (Wildman–Crippen MR) is 88.3 cm³/mol. The van der Waals surface area contributed by atoms with Crippen molar-refractivity contribution >= 4 is 11.2 Å². The van der Waals surface area contributed by atoms with Gasteiger partial charge in [0.15, 0.2) is 10.1 Å². The van der Waals surface area contributed by atoms with Crippen LogP contribution in [0.25, 0.3) is 0 Å². The number of ether oxygens (including phenoxy) is 1. The fourth-order valence-corrected chi connectivity index (χ4v) is 5.39. The summed E-state index contributed by atoms with van der Waals surface area (Å²) < 4.78 is 31.9. The molecule has 4 unspecified atom stereocenters. The Balaban J connectivity index is 1.74. The zero-order valence-electron chi connectivity index (χ0n) is 13.0. The molecule has 0 amide bonds. The number of aryl methyl sites for hydroxylation is 2. The molecule has 0 N–H and O–H groups in total. The lowest BCUT2D eigenvalue weighted by molar-refractivity contribution is 0.297. The Bertz CT molecular complexity index is 712. The molecule has 1 fully saturated rings. The molecule has 0 bridgehead atoms. The van der Waals surface area contributed by atoms with E-state index in [9.17, 15) is 8.94 Å². The Hall–Kier alpha value is -1.36. The van der Waals surface area contributed by atoms with Gasteiger partial charge < -0.3 is 9.29 Å². The summed E-state index contributed by atoms with van der Waals surface area (Å²) in [5, 5.41) is -0.0719. The fraction of sp³-hybridized carbons (Fsp3) is 0.368. The minimum atomic E-state index is -1.20. The van der Waals surface area contributed by atoms with Gasteiger partial charge in [0.2, 0.25) is 0 Å². The molecular formula is C19H19FO2S. The number of rotatable bonds is 3. The van der Waals surface area contributed by atoms with Gasteiger partial charge in [-0.2, -0.15) is 0 Å². The van der Waals surface area contributed by atoms with Crippen LogP contribution in [0.3, 0.4) is 0 Å². The predicted octanol–water partition coefficient (Wildman–Crippen LogP) is 3.94. The third kappa shape index (κ3) is 2.91. The fourth-order valence-electron chi connectivity index (χ4n) is 3.61. The zero-order chi connectivity index (χ0) is 16.0. The van der Waals surface area contributed by atoms with Gasteiger partial charge in [-0.05, 0) is 60.8 Å². The van der Waals surface area contributed by atoms with E-state index in [1.165, 1.54) is 28.8 Å². The first kappa shape index (κ1) is 15.2. The summed E-state index contributed by atoms with van der Waals surface area (Å²) in [6, 6.07) is 12.4. The van der Waals surface area contributed by atoms with E-state index in [0.29, 0.717) is 4.90 Å². The third-order valence-electron chi connectivity index (χ3n) is 4.85. The van der Waals surface area contributed by atoms with Crippen molar-refractivity contribution in [3.05, 3.63) is 65.0 Å². The van der Waals surface area contributed by atoms with E-state index < -0.39 is 11.2 Å². The SMILES string of the molecule is Cc1ccc2c(c1)CCC(C1CO1)C2[S+]([O-])c1ccc(F)cc1. The monoisotopic (exact) mass is 330 g/mol. The quantitative estimate of drug-likeness (QED) is 0.631. The van der Waals surface area contributed by atoms with Gasteiger partial charge >= 0.3 is 0 Å². The average molecular weight is 330 g/mol. The Morgan fingerprint density at radius 2 is 1.91 bits per heavy atom. The molecule has 0 radical (unpaired) electrons. The highest BCUT2D eigenvalue weighted by Gasteiger charge is 2.47. The molecule has 0 aromatic heterocycles. The van der Waals surface area contributed by atoms with Crippen LogP contribution >= 0.6 is 0 Å². The van der Waals surface area contributed by atoms with Crippen LogP contribution in [-0.4, -0.2) is 17.3 Å². The zero-order valence-corrected chi connectivity index (χ0v) is 13.8. The molecule has 2 nitrogen and oxygen atoms in total. The van der Waals surface area contributed by atoms with E-state index in [1.807, 2.05) is 0 Å². The molecule has 4 rings (SSSR count). The standard InChI is InChI=1S/C19H19FO2S/c1-12-2-8-16-13(10-12)3-9-17(18-11-22-18)19(16)23(21)15-6-4-14(20)5-7-15/h2,4-8,10,17-19H,3,9,11H2,1H3. The van der Waals surface area contributed by atoms with Crippen LogP contribution in [-0.2, 0) is 22.3 Å². The summed E-state index contributed by atoms with van der Waals surface area (Å²) in [7, 11) is 0. The third-order valence-corrected chi connectivity index (χ3v) is 6.66. The maximum absolute atomic E-state index is 13.2. The van der Waals surface area contributed by atoms with Crippen LogP contribution in [0.5, 0.6) is 0 Å². The molecule has 2 aliphatic rings. The Morgan fingerprint density at radius 3 is 2.61 bits per heavy atom. The Morgan fingerprint density at radius 1 is 1.17 bits per heavy atom. The highest BCUT2D eigenvalue weighted by molar-refractivity contribution is 7.91. The molecule has 120 valence electrons. The van der Waals surface area contributed by atoms with Crippen molar-refractivity contribution in [3.8, 4) is 0 Å². The molecule has 2 aromatic carbocycles. The number of fused-ring (bicyclic) bond motifs is 1. The number of hydrogen-bond donors (Lipinski definition) is 0. The van der Waals surface area contributed by atoms with Crippen LogP contribution in [0, 0.1) is 18.7 Å². The van der Waals surface area contributed by atoms with Crippen molar-refractivity contribution in [2.24, 2.45) is 5.92 Å². The number of benzene rings is 2. The first-order valence-electron chi connectivity index (χ1n) is 8.00. The van der Waals surface area contributed by atoms with Crippen LogP contribution < -0.4 is 0 Å². The van der Waals surface area contributed by atoms with E-state index in [1.54, 1.807) is 12.1 Å². The van der Waals surface area contributed by atoms with E-state index in [2.05, 4.69) is 25.1 Å². The normalized spacial score (nSPS) is 27.3. The van der Waals surface area contributed by atoms with Gasteiger partial charge in [0.1, 0.15) is 5.82 Å². The van der Waals surface area contributed by atoms with Gasteiger partial charge in [-0.1, -0.05) is 23.8 Å². The van der Waals surface area contributed by atoms with Gasteiger partial charge in [-0.25, -0.2) is 4.39 Å². The van der Waals surface area contributed by atoms with Gasteiger partial charge in [-0.15, -0.1) is 0 Å². The van der Waals surface area contributed by atoms with Gasteiger partial charge in [0.05, 0.1) is 12.7 Å². The molecule has 4 atom stereocenters. The highest BCUT2D eigenvalue weighted by Crippen LogP contribution is 2.47. The topological polar surface area (TPSA) is 35.6 Å². The minimum absolute atomic E-state index is 0.0719. The van der Waals surface area contributed by atoms with Crippen molar-refractivity contribution in [1.29, 1.82) is 0 Å². The first-order valence-corrected chi connectivity index (χ1v) is 9.22. The maximum atomic E-state index is 13.2. The summed E-state index contributed by atoms with van der Waals surface area (Å²) in [6.45, 7) is 2.85. The molecule has 2 aromatic rings.